The van der Waals surface area contributed by atoms with Crippen molar-refractivity contribution < 1.29 is 13.6 Å². The molecule has 0 unspecified atom stereocenters. The zero-order chi connectivity index (χ0) is 11.1. The molecular formula is C9H8F2N2OS. The minimum absolute atomic E-state index is 0.252. The third kappa shape index (κ3) is 4.64. The fourth-order valence-electron chi connectivity index (χ4n) is 0.807. The zero-order valence-electron chi connectivity index (χ0n) is 7.69. The summed E-state index contributed by atoms with van der Waals surface area (Å²) < 4.78 is 23.3. The second kappa shape index (κ2) is 6.23. The molecule has 0 aromatic carbocycles. The molecule has 0 aliphatic heterocycles. The van der Waals surface area contributed by atoms with Crippen molar-refractivity contribution in [1.82, 2.24) is 9.97 Å². The van der Waals surface area contributed by atoms with E-state index >= 15 is 0 Å². The van der Waals surface area contributed by atoms with E-state index in [0.29, 0.717) is 22.9 Å². The molecule has 15 heavy (non-hydrogen) atoms. The van der Waals surface area contributed by atoms with Crippen molar-refractivity contribution in [2.75, 3.05) is 5.75 Å². The molecule has 1 heterocycles. The number of carbonyl (C=O) groups excluding carboxylic acids is 1. The summed E-state index contributed by atoms with van der Waals surface area (Å²) in [6.45, 7) is 0. The number of nitrogens with zero attached hydrogens (tertiary/aromatic N) is 2. The van der Waals surface area contributed by atoms with Gasteiger partial charge in [0.05, 0.1) is 0 Å². The second-order valence-electron chi connectivity index (χ2n) is 2.51. The van der Waals surface area contributed by atoms with Crippen LogP contribution in [0.2, 0.25) is 0 Å². The summed E-state index contributed by atoms with van der Waals surface area (Å²) in [5.74, 6) is 0.458. The van der Waals surface area contributed by atoms with Gasteiger partial charge in [0.15, 0.2) is 11.4 Å². The van der Waals surface area contributed by atoms with Gasteiger partial charge in [-0.05, 0) is 18.6 Å². The molecule has 0 saturated heterocycles. The maximum Gasteiger partial charge on any atom is 0.266 e. The van der Waals surface area contributed by atoms with Crippen molar-refractivity contribution in [2.24, 2.45) is 0 Å². The summed E-state index contributed by atoms with van der Waals surface area (Å²) in [4.78, 5) is 18.1. The third-order valence-corrected chi connectivity index (χ3v) is 2.32. The van der Waals surface area contributed by atoms with E-state index in [1.54, 1.807) is 0 Å². The molecule has 1 aromatic rings. The van der Waals surface area contributed by atoms with Gasteiger partial charge in [-0.25, -0.2) is 9.97 Å². The Kier molecular flexibility index (Phi) is 4.89. The summed E-state index contributed by atoms with van der Waals surface area (Å²) in [6, 6.07) is 1.48. The maximum absolute atomic E-state index is 11.7. The summed E-state index contributed by atoms with van der Waals surface area (Å²) >= 11 is 1.23. The first-order valence-electron chi connectivity index (χ1n) is 4.14. The lowest BCUT2D eigenvalue weighted by atomic mass is 10.5. The lowest BCUT2D eigenvalue weighted by Gasteiger charge is -1.97. The van der Waals surface area contributed by atoms with E-state index in [4.69, 9.17) is 0 Å². The largest absolute Gasteiger partial charge is 0.296 e. The quantitative estimate of drug-likeness (QED) is 0.337. The van der Waals surface area contributed by atoms with Gasteiger partial charge in [0.1, 0.15) is 5.69 Å². The Balaban J connectivity index is 2.43. The van der Waals surface area contributed by atoms with Gasteiger partial charge in [0, 0.05) is 11.9 Å². The lowest BCUT2D eigenvalue weighted by Crippen LogP contribution is -1.92. The molecule has 80 valence electrons. The van der Waals surface area contributed by atoms with Crippen LogP contribution in [0.25, 0.3) is 0 Å². The highest BCUT2D eigenvalue weighted by atomic mass is 32.2. The predicted molar refractivity (Wildman–Crippen MR) is 53.1 cm³/mol. The first-order valence-corrected chi connectivity index (χ1v) is 5.13. The van der Waals surface area contributed by atoms with Crippen LogP contribution >= 0.6 is 11.8 Å². The minimum atomic E-state index is -1.68. The maximum atomic E-state index is 11.7. The number of aromatic nitrogens is 2. The van der Waals surface area contributed by atoms with Gasteiger partial charge >= 0.3 is 0 Å². The Labute approximate surface area is 89.6 Å². The molecule has 0 aliphatic rings. The normalized spacial score (nSPS) is 9.73. The molecule has 0 spiro atoms. The fourth-order valence-corrected chi connectivity index (χ4v) is 1.53. The van der Waals surface area contributed by atoms with Crippen molar-refractivity contribution in [1.29, 1.82) is 0 Å². The molecule has 3 nitrogen and oxygen atoms in total. The molecular weight excluding hydrogens is 222 g/mol. The van der Waals surface area contributed by atoms with Gasteiger partial charge in [-0.1, -0.05) is 11.8 Å². The van der Waals surface area contributed by atoms with Crippen LogP contribution in [0, 0.1) is 0 Å². The number of aldehydes is 1. The highest BCUT2D eigenvalue weighted by molar-refractivity contribution is 7.99. The van der Waals surface area contributed by atoms with Gasteiger partial charge in [-0.2, -0.15) is 8.78 Å². The van der Waals surface area contributed by atoms with Crippen LogP contribution in [-0.2, 0) is 0 Å². The van der Waals surface area contributed by atoms with Crippen molar-refractivity contribution >= 4 is 18.0 Å². The monoisotopic (exact) mass is 230 g/mol. The Morgan fingerprint density at radius 1 is 1.53 bits per heavy atom. The number of hydrogen-bond acceptors (Lipinski definition) is 4. The summed E-state index contributed by atoms with van der Waals surface area (Å²) in [5, 5.41) is 0.423. The third-order valence-electron chi connectivity index (χ3n) is 1.42. The van der Waals surface area contributed by atoms with E-state index in [1.165, 1.54) is 24.0 Å². The van der Waals surface area contributed by atoms with Crippen LogP contribution in [0.3, 0.4) is 0 Å². The molecule has 6 heteroatoms. The van der Waals surface area contributed by atoms with Crippen molar-refractivity contribution in [3.63, 3.8) is 0 Å². The smallest absolute Gasteiger partial charge is 0.266 e. The number of hydrogen-bond donors (Lipinski definition) is 0. The van der Waals surface area contributed by atoms with Crippen LogP contribution in [0.5, 0.6) is 0 Å². The number of carbonyl (C=O) groups is 1. The number of thioether (sulfide) groups is 1. The lowest BCUT2D eigenvalue weighted by molar-refractivity contribution is 0.111. The molecule has 0 aliphatic carbocycles. The molecule has 1 aromatic heterocycles. The zero-order valence-corrected chi connectivity index (χ0v) is 8.51. The summed E-state index contributed by atoms with van der Waals surface area (Å²) in [5.41, 5.74) is 0.291. The molecule has 0 atom stereocenters. The molecule has 0 radical (unpaired) electrons. The van der Waals surface area contributed by atoms with Crippen LogP contribution in [0.4, 0.5) is 8.78 Å². The SMILES string of the molecule is O=Cc1ccnc(SCCC=C(F)F)n1. The van der Waals surface area contributed by atoms with E-state index in [0.717, 1.165) is 6.08 Å². The van der Waals surface area contributed by atoms with E-state index in [2.05, 4.69) is 9.97 Å². The second-order valence-corrected chi connectivity index (χ2v) is 3.57. The standard InChI is InChI=1S/C9H8F2N2OS/c10-8(11)2-1-5-15-9-12-4-3-7(6-14)13-9/h2-4,6H,1,5H2. The molecule has 0 bridgehead atoms. The van der Waals surface area contributed by atoms with Gasteiger partial charge in [-0.3, -0.25) is 4.79 Å². The first kappa shape index (κ1) is 11.8. The minimum Gasteiger partial charge on any atom is -0.296 e. The van der Waals surface area contributed by atoms with Crippen LogP contribution in [0.1, 0.15) is 16.9 Å². The first-order chi connectivity index (χ1) is 7.22. The van der Waals surface area contributed by atoms with E-state index in [-0.39, 0.29) is 6.42 Å². The molecule has 0 saturated carbocycles. The molecule has 0 fully saturated rings. The summed E-state index contributed by atoms with van der Waals surface area (Å²) in [7, 11) is 0. The number of allylic oxidation sites excluding steroid dienone is 1. The fraction of sp³-hybridized carbons (Fsp3) is 0.222. The van der Waals surface area contributed by atoms with Crippen molar-refractivity contribution in [2.45, 2.75) is 11.6 Å². The van der Waals surface area contributed by atoms with E-state index in [1.807, 2.05) is 0 Å². The highest BCUT2D eigenvalue weighted by Crippen LogP contribution is 2.14. The van der Waals surface area contributed by atoms with Crippen LogP contribution in [0.15, 0.2) is 29.6 Å². The predicted octanol–water partition coefficient (Wildman–Crippen LogP) is 2.55. The van der Waals surface area contributed by atoms with Crippen molar-refractivity contribution in [3.05, 3.63) is 30.1 Å². The van der Waals surface area contributed by atoms with E-state index < -0.39 is 6.08 Å². The molecule has 0 N–H and O–H groups in total. The van der Waals surface area contributed by atoms with Crippen LogP contribution < -0.4 is 0 Å². The number of rotatable bonds is 5. The number of halogens is 2. The van der Waals surface area contributed by atoms with Gasteiger partial charge in [0.25, 0.3) is 6.08 Å². The Morgan fingerprint density at radius 2 is 2.33 bits per heavy atom. The topological polar surface area (TPSA) is 42.9 Å². The van der Waals surface area contributed by atoms with Gasteiger partial charge < -0.3 is 0 Å². The molecule has 1 rings (SSSR count). The average molecular weight is 230 g/mol. The Morgan fingerprint density at radius 3 is 3.00 bits per heavy atom. The molecule has 0 amide bonds. The van der Waals surface area contributed by atoms with Crippen LogP contribution in [-0.4, -0.2) is 22.0 Å². The van der Waals surface area contributed by atoms with Gasteiger partial charge in [-0.15, -0.1) is 0 Å². The van der Waals surface area contributed by atoms with Crippen molar-refractivity contribution in [3.8, 4) is 0 Å². The Bertz CT molecular complexity index is 367. The summed E-state index contributed by atoms with van der Waals surface area (Å²) in [6.07, 6.45) is 1.49. The Hall–Kier alpha value is -1.30. The van der Waals surface area contributed by atoms with E-state index in [9.17, 15) is 13.6 Å². The average Bonchev–Trinajstić information content (AvgIpc) is 2.24. The van der Waals surface area contributed by atoms with Gasteiger partial charge in [0.2, 0.25) is 0 Å². The highest BCUT2D eigenvalue weighted by Gasteiger charge is 1.98.